The van der Waals surface area contributed by atoms with Crippen molar-refractivity contribution < 1.29 is 28.9 Å². The number of likely N-dealkylation sites (tertiary alicyclic amines) is 2. The Morgan fingerprint density at radius 1 is 0.833 bits per heavy atom. The summed E-state index contributed by atoms with van der Waals surface area (Å²) in [6, 6.07) is 29.2. The van der Waals surface area contributed by atoms with Gasteiger partial charge < -0.3 is 24.8 Å². The molecule has 0 radical (unpaired) electrons. The van der Waals surface area contributed by atoms with E-state index in [0.717, 1.165) is 68.6 Å². The molecule has 6 aromatic rings. The number of hydrogen-bond donors (Lipinski definition) is 3. The van der Waals surface area contributed by atoms with E-state index in [-0.39, 0.29) is 48.6 Å². The lowest BCUT2D eigenvalue weighted by Crippen LogP contribution is -2.51. The zero-order valence-corrected chi connectivity index (χ0v) is 34.6. The maximum absolute atomic E-state index is 14.0. The lowest BCUT2D eigenvalue weighted by atomic mass is 9.98. The molecule has 13 nitrogen and oxygen atoms in total. The van der Waals surface area contributed by atoms with Gasteiger partial charge in [-0.1, -0.05) is 80.6 Å². The lowest BCUT2D eigenvalue weighted by molar-refractivity contribution is -0.393. The summed E-state index contributed by atoms with van der Waals surface area (Å²) in [5, 5.41) is 4.83. The van der Waals surface area contributed by atoms with Gasteiger partial charge in [-0.25, -0.2) is 19.7 Å². The van der Waals surface area contributed by atoms with Crippen LogP contribution in [0, 0.1) is 5.92 Å². The van der Waals surface area contributed by atoms with E-state index in [0.29, 0.717) is 12.4 Å². The van der Waals surface area contributed by atoms with Gasteiger partial charge in [0.1, 0.15) is 30.1 Å². The number of carbonyl (C=O) groups is 4. The van der Waals surface area contributed by atoms with Crippen LogP contribution in [-0.4, -0.2) is 93.7 Å². The van der Waals surface area contributed by atoms with Crippen molar-refractivity contribution in [2.24, 2.45) is 5.92 Å². The summed E-state index contributed by atoms with van der Waals surface area (Å²) in [5.41, 5.74) is 6.84. The molecule has 2 aromatic heterocycles. The Balaban J connectivity index is 0.952. The van der Waals surface area contributed by atoms with Crippen molar-refractivity contribution in [3.8, 4) is 33.6 Å². The van der Waals surface area contributed by atoms with Crippen molar-refractivity contribution in [1.29, 1.82) is 0 Å². The van der Waals surface area contributed by atoms with Crippen LogP contribution in [0.1, 0.15) is 68.4 Å². The van der Waals surface area contributed by atoms with Gasteiger partial charge in [0.05, 0.1) is 31.6 Å². The molecule has 60 heavy (non-hydrogen) atoms. The minimum absolute atomic E-state index is 0.0280. The molecule has 2 aliphatic rings. The fraction of sp³-hybridized carbons (Fsp3) is 0.319. The Kier molecular flexibility index (Phi) is 11.3. The Labute approximate surface area is 349 Å². The molecule has 0 saturated carbocycles. The summed E-state index contributed by atoms with van der Waals surface area (Å²) in [6.07, 6.45) is 4.98. The second-order valence-electron chi connectivity index (χ2n) is 16.3. The van der Waals surface area contributed by atoms with Gasteiger partial charge in [-0.05, 0) is 84.6 Å². The van der Waals surface area contributed by atoms with Crippen LogP contribution < -0.4 is 10.3 Å². The number of ether oxygens (including phenoxy) is 1. The molecule has 13 heteroatoms. The number of carbonyl (C=O) groups excluding carboxylic acids is 4. The summed E-state index contributed by atoms with van der Waals surface area (Å²) in [5.74, 6) is 0.948. The fourth-order valence-electron chi connectivity index (χ4n) is 8.62. The average Bonchev–Trinajstić information content (AvgIpc) is 4.09. The van der Waals surface area contributed by atoms with E-state index < -0.39 is 18.2 Å². The number of nitrogens with zero attached hydrogens (tertiary/aromatic N) is 4. The number of methoxy groups -OCH3 is 1. The number of benzene rings is 4. The normalized spacial score (nSPS) is 17.8. The molecule has 4 atom stereocenters. The maximum Gasteiger partial charge on any atom is 0.407 e. The molecule has 0 bridgehead atoms. The predicted octanol–water partition coefficient (Wildman–Crippen LogP) is 6.90. The minimum Gasteiger partial charge on any atom is -0.453 e. The molecule has 4 aromatic carbocycles. The number of Topliss-reactive ketones (excluding diaryl/α,β-unsaturated/α-hetero) is 1. The highest BCUT2D eigenvalue weighted by molar-refractivity contribution is 5.94. The van der Waals surface area contributed by atoms with E-state index in [4.69, 9.17) is 9.72 Å². The van der Waals surface area contributed by atoms with E-state index in [1.165, 1.54) is 12.0 Å². The molecule has 0 spiro atoms. The topological polar surface area (TPSA) is 158 Å². The largest absolute Gasteiger partial charge is 0.453 e. The Morgan fingerprint density at radius 3 is 2.22 bits per heavy atom. The second kappa shape index (κ2) is 16.9. The van der Waals surface area contributed by atoms with Crippen molar-refractivity contribution in [3.63, 3.8) is 0 Å². The number of nitrogens with one attached hydrogen (secondary N) is 4. The molecule has 4 N–H and O–H groups in total. The number of fused-ring (bicyclic) bond motifs is 1. The third-order valence-electron chi connectivity index (χ3n) is 11.8. The first-order chi connectivity index (χ1) is 29.0. The molecule has 8 rings (SSSR count). The molecule has 2 aliphatic heterocycles. The maximum atomic E-state index is 14.0. The number of ketones is 1. The average molecular weight is 808 g/mol. The molecule has 0 aliphatic carbocycles. The fourth-order valence-corrected chi connectivity index (χ4v) is 8.62. The van der Waals surface area contributed by atoms with Gasteiger partial charge in [0.15, 0.2) is 11.5 Å². The third-order valence-corrected chi connectivity index (χ3v) is 11.8. The SMILES string of the molecule is COC(=O)N[C@H](C(=O)N1CC(=O)C[C@H]1c1[nH]c(-c2ccc(-c3ccc4cc(-c5cnc([C@@H]6CCCN6C(=O)[C@@H](c6ccccc6)N(C)C)[nH]5)ccc4c3)cc2)c[nH+]1)C(C)C. The van der Waals surface area contributed by atoms with Crippen LogP contribution in [0.4, 0.5) is 4.79 Å². The first-order valence-electron chi connectivity index (χ1n) is 20.5. The van der Waals surface area contributed by atoms with Crippen LogP contribution in [-0.2, 0) is 19.1 Å². The van der Waals surface area contributed by atoms with Gasteiger partial charge in [-0.3, -0.25) is 19.3 Å². The van der Waals surface area contributed by atoms with Crippen LogP contribution >= 0.6 is 0 Å². The number of hydrogen-bond acceptors (Lipinski definition) is 7. The lowest BCUT2D eigenvalue weighted by Gasteiger charge is -2.31. The highest BCUT2D eigenvalue weighted by atomic mass is 16.5. The Hall–Kier alpha value is -6.60. The predicted molar refractivity (Wildman–Crippen MR) is 228 cm³/mol. The van der Waals surface area contributed by atoms with Crippen molar-refractivity contribution in [2.75, 3.05) is 34.3 Å². The van der Waals surface area contributed by atoms with Crippen molar-refractivity contribution in [1.82, 2.24) is 35.0 Å². The molecular formula is C47H51N8O5+. The number of aromatic amines is 3. The number of aromatic nitrogens is 4. The van der Waals surface area contributed by atoms with Crippen LogP contribution in [0.3, 0.4) is 0 Å². The van der Waals surface area contributed by atoms with Crippen LogP contribution in [0.5, 0.6) is 0 Å². The monoisotopic (exact) mass is 807 g/mol. The van der Waals surface area contributed by atoms with Crippen LogP contribution in [0.2, 0.25) is 0 Å². The Morgan fingerprint density at radius 2 is 1.52 bits per heavy atom. The van der Waals surface area contributed by atoms with Gasteiger partial charge in [0.25, 0.3) is 5.82 Å². The quantitative estimate of drug-likeness (QED) is 0.129. The van der Waals surface area contributed by atoms with Gasteiger partial charge in [-0.2, -0.15) is 0 Å². The van der Waals surface area contributed by atoms with Gasteiger partial charge >= 0.3 is 6.09 Å². The van der Waals surface area contributed by atoms with Gasteiger partial charge in [-0.15, -0.1) is 0 Å². The number of imidazole rings is 2. The molecule has 308 valence electrons. The number of H-pyrrole nitrogens is 3. The van der Waals surface area contributed by atoms with Crippen molar-refractivity contribution in [2.45, 2.75) is 57.3 Å². The number of rotatable bonds is 11. The summed E-state index contributed by atoms with van der Waals surface area (Å²) in [4.78, 5) is 72.6. The minimum atomic E-state index is -0.829. The van der Waals surface area contributed by atoms with Gasteiger partial charge in [0, 0.05) is 24.1 Å². The summed E-state index contributed by atoms with van der Waals surface area (Å²) in [6.45, 7) is 4.35. The molecule has 4 heterocycles. The number of amides is 3. The van der Waals surface area contributed by atoms with E-state index in [9.17, 15) is 19.2 Å². The van der Waals surface area contributed by atoms with E-state index in [1.807, 2.05) is 92.6 Å². The van der Waals surface area contributed by atoms with E-state index in [1.54, 1.807) is 0 Å². The summed E-state index contributed by atoms with van der Waals surface area (Å²) < 4.78 is 4.73. The van der Waals surface area contributed by atoms with Crippen LogP contribution in [0.15, 0.2) is 103 Å². The van der Waals surface area contributed by atoms with Crippen LogP contribution in [0.25, 0.3) is 44.4 Å². The highest BCUT2D eigenvalue weighted by Crippen LogP contribution is 2.36. The summed E-state index contributed by atoms with van der Waals surface area (Å²) in [7, 11) is 5.15. The van der Waals surface area contributed by atoms with Gasteiger partial charge in [0.2, 0.25) is 11.8 Å². The molecular weight excluding hydrogens is 757 g/mol. The molecule has 3 amide bonds. The Bertz CT molecular complexity index is 2530. The van der Waals surface area contributed by atoms with Crippen molar-refractivity contribution >= 4 is 34.5 Å². The summed E-state index contributed by atoms with van der Waals surface area (Å²) >= 11 is 0. The first-order valence-corrected chi connectivity index (χ1v) is 20.5. The molecule has 0 unspecified atom stereocenters. The smallest absolute Gasteiger partial charge is 0.407 e. The molecule has 2 saturated heterocycles. The zero-order valence-electron chi connectivity index (χ0n) is 34.6. The standard InChI is InChI=1S/C47H50N8O5/c1-28(2)41(52-47(59)60-5)45(57)55-27-36(56)24-40(55)44-49-25-37(50-44)30-15-13-29(14-16-30)32-17-18-34-23-35(20-19-33(34)22-32)38-26-48-43(51-38)39-12-9-21-54(39)46(58)42(53(3)4)31-10-7-6-8-11-31/h6-8,10-11,13-20,22-23,25-26,28,39-42H,9,12,21,24,27H2,1-5H3,(H,48,51)(H,49,50)(H,52,59)/p+1/t39-,40-,41-,42+/m0/s1. The number of alkyl carbamates (subject to hydrolysis) is 1. The highest BCUT2D eigenvalue weighted by Gasteiger charge is 2.43. The van der Waals surface area contributed by atoms with Crippen molar-refractivity contribution in [3.05, 3.63) is 121 Å². The number of likely N-dealkylation sites (N-methyl/N-ethyl adjacent to an activating group) is 1. The zero-order chi connectivity index (χ0) is 42.1. The first kappa shape index (κ1) is 40.2. The second-order valence-corrected chi connectivity index (χ2v) is 16.3. The van der Waals surface area contributed by atoms with E-state index >= 15 is 0 Å². The third kappa shape index (κ3) is 8.04. The molecule has 2 fully saturated rings. The van der Waals surface area contributed by atoms with E-state index in [2.05, 4.69) is 68.8 Å².